The molecule has 0 aromatic heterocycles. The fourth-order valence-corrected chi connectivity index (χ4v) is 3.98. The molecule has 11 heteroatoms. The Morgan fingerprint density at radius 3 is 2.09 bits per heavy atom. The lowest BCUT2D eigenvalue weighted by Crippen LogP contribution is -2.52. The summed E-state index contributed by atoms with van der Waals surface area (Å²) in [6.07, 6.45) is -6.87. The number of carbonyl (C=O) groups excluding carboxylic acids is 2. The van der Waals surface area contributed by atoms with Crippen molar-refractivity contribution in [3.05, 3.63) is 59.7 Å². The number of carbonyl (C=O) groups is 3. The van der Waals surface area contributed by atoms with Crippen molar-refractivity contribution in [1.29, 1.82) is 0 Å². The van der Waals surface area contributed by atoms with E-state index in [4.69, 9.17) is 14.9 Å². The Morgan fingerprint density at radius 1 is 1.03 bits per heavy atom. The van der Waals surface area contributed by atoms with Gasteiger partial charge in [-0.05, 0) is 22.3 Å². The van der Waals surface area contributed by atoms with Crippen LogP contribution in [0.15, 0.2) is 48.5 Å². The molecule has 0 spiro atoms. The first-order chi connectivity index (χ1) is 16.1. The number of alkyl carbamates (subject to hydrolysis) is 1. The molecule has 0 radical (unpaired) electrons. The molecule has 1 aliphatic rings. The fourth-order valence-electron chi connectivity index (χ4n) is 3.98. The first-order valence-electron chi connectivity index (χ1n) is 10.4. The molecule has 1 aliphatic carbocycles. The lowest BCUT2D eigenvalue weighted by molar-refractivity contribution is -0.163. The average molecular weight is 480 g/mol. The maximum absolute atomic E-state index is 12.8. The summed E-state index contributed by atoms with van der Waals surface area (Å²) in [6.45, 7) is -3.28. The van der Waals surface area contributed by atoms with E-state index in [-0.39, 0.29) is 17.4 Å². The van der Waals surface area contributed by atoms with Crippen LogP contribution in [-0.4, -0.2) is 71.6 Å². The molecule has 0 heterocycles. The molecule has 3 N–H and O–H groups in total. The zero-order valence-electron chi connectivity index (χ0n) is 17.9. The first-order valence-corrected chi connectivity index (χ1v) is 10.4. The largest absolute Gasteiger partial charge is 0.481 e. The highest BCUT2D eigenvalue weighted by molar-refractivity contribution is 5.89. The summed E-state index contributed by atoms with van der Waals surface area (Å²) in [6, 6.07) is 13.3. The summed E-state index contributed by atoms with van der Waals surface area (Å²) in [7, 11) is 0. The molecule has 0 bridgehead atoms. The van der Waals surface area contributed by atoms with Crippen molar-refractivity contribution in [3.8, 4) is 11.1 Å². The van der Waals surface area contributed by atoms with Crippen molar-refractivity contribution in [3.63, 3.8) is 0 Å². The molecule has 3 rings (SSSR count). The molecule has 0 saturated carbocycles. The van der Waals surface area contributed by atoms with E-state index < -0.39 is 56.3 Å². The molecule has 0 saturated heterocycles. The first kappa shape index (κ1) is 25.0. The van der Waals surface area contributed by atoms with Gasteiger partial charge in [-0.15, -0.1) is 0 Å². The summed E-state index contributed by atoms with van der Waals surface area (Å²) >= 11 is 0. The predicted molar refractivity (Wildman–Crippen MR) is 114 cm³/mol. The molecular weight excluding hydrogens is 457 g/mol. The molecule has 2 amide bonds. The number of nitrogens with one attached hydrogen (secondary N) is 1. The van der Waals surface area contributed by atoms with Gasteiger partial charge in [-0.2, -0.15) is 13.2 Å². The van der Waals surface area contributed by atoms with Gasteiger partial charge in [0, 0.05) is 12.5 Å². The van der Waals surface area contributed by atoms with Crippen LogP contribution in [0, 0.1) is 0 Å². The van der Waals surface area contributed by atoms with Crippen molar-refractivity contribution in [2.24, 2.45) is 0 Å². The normalized spacial score (nSPS) is 13.5. The number of alkyl halides is 3. The van der Waals surface area contributed by atoms with Crippen LogP contribution in [0.3, 0.4) is 0 Å². The van der Waals surface area contributed by atoms with Crippen molar-refractivity contribution in [2.75, 3.05) is 26.3 Å². The number of aliphatic carboxylic acids is 1. The Bertz CT molecular complexity index is 1010. The van der Waals surface area contributed by atoms with Gasteiger partial charge >= 0.3 is 18.2 Å². The van der Waals surface area contributed by atoms with E-state index in [2.05, 4.69) is 5.32 Å². The number of carboxylic acids is 1. The molecule has 8 nitrogen and oxygen atoms in total. The third-order valence-corrected chi connectivity index (χ3v) is 5.36. The van der Waals surface area contributed by atoms with Crippen LogP contribution in [-0.2, 0) is 14.3 Å². The van der Waals surface area contributed by atoms with E-state index in [0.29, 0.717) is 0 Å². The van der Waals surface area contributed by atoms with Crippen LogP contribution < -0.4 is 5.32 Å². The number of nitrogens with zero attached hydrogens (tertiary/aromatic N) is 1. The van der Waals surface area contributed by atoms with Crippen LogP contribution in [0.2, 0.25) is 0 Å². The average Bonchev–Trinajstić information content (AvgIpc) is 3.09. The number of halogens is 3. The zero-order valence-corrected chi connectivity index (χ0v) is 17.9. The second-order valence-electron chi connectivity index (χ2n) is 7.72. The van der Waals surface area contributed by atoms with E-state index in [1.165, 1.54) is 0 Å². The second-order valence-corrected chi connectivity index (χ2v) is 7.72. The highest BCUT2D eigenvalue weighted by Gasteiger charge is 2.37. The number of carboxylic acid groups (broad SMARTS) is 1. The minimum Gasteiger partial charge on any atom is -0.481 e. The number of amides is 2. The van der Waals surface area contributed by atoms with Crippen LogP contribution in [0.4, 0.5) is 18.0 Å². The van der Waals surface area contributed by atoms with Crippen molar-refractivity contribution in [1.82, 2.24) is 10.2 Å². The fraction of sp³-hybridized carbons (Fsp3) is 0.348. The Balaban J connectivity index is 1.71. The van der Waals surface area contributed by atoms with Crippen LogP contribution >= 0.6 is 0 Å². The standard InChI is InChI=1S/C23H23F3N2O6/c24-23(25,26)13-28(9-10-29)21(32)19(11-20(30)31)27-22(33)34-12-18-16-7-3-1-5-14(16)15-6-2-4-8-17(15)18/h1-8,18-19,29H,9-13H2,(H,27,33)(H,30,31). The van der Waals surface area contributed by atoms with E-state index in [1.807, 2.05) is 48.5 Å². The lowest BCUT2D eigenvalue weighted by atomic mass is 9.98. The highest BCUT2D eigenvalue weighted by Crippen LogP contribution is 2.44. The van der Waals surface area contributed by atoms with E-state index in [0.717, 1.165) is 22.3 Å². The summed E-state index contributed by atoms with van der Waals surface area (Å²) in [4.78, 5) is 36.4. The van der Waals surface area contributed by atoms with Crippen LogP contribution in [0.1, 0.15) is 23.5 Å². The van der Waals surface area contributed by atoms with E-state index >= 15 is 0 Å². The smallest absolute Gasteiger partial charge is 0.407 e. The number of aliphatic hydroxyl groups is 1. The second kappa shape index (κ2) is 10.6. The third-order valence-electron chi connectivity index (χ3n) is 5.36. The molecule has 2 aromatic rings. The number of fused-ring (bicyclic) bond motifs is 3. The summed E-state index contributed by atoms with van der Waals surface area (Å²) in [5, 5.41) is 20.1. The molecule has 182 valence electrons. The Hall–Kier alpha value is -3.60. The molecule has 1 atom stereocenters. The van der Waals surface area contributed by atoms with E-state index in [9.17, 15) is 27.6 Å². The van der Waals surface area contributed by atoms with Gasteiger partial charge in [0.1, 0.15) is 19.2 Å². The molecule has 0 fully saturated rings. The van der Waals surface area contributed by atoms with Crippen molar-refractivity contribution in [2.45, 2.75) is 24.6 Å². The van der Waals surface area contributed by atoms with Crippen molar-refractivity contribution < 1.29 is 42.5 Å². The van der Waals surface area contributed by atoms with Gasteiger partial charge in [-0.1, -0.05) is 48.5 Å². The Labute approximate surface area is 192 Å². The van der Waals surface area contributed by atoms with Gasteiger partial charge in [0.25, 0.3) is 0 Å². The predicted octanol–water partition coefficient (Wildman–Crippen LogP) is 2.75. The van der Waals surface area contributed by atoms with Crippen LogP contribution in [0.5, 0.6) is 0 Å². The van der Waals surface area contributed by atoms with Gasteiger partial charge in [0.15, 0.2) is 0 Å². The third kappa shape index (κ3) is 6.04. The maximum Gasteiger partial charge on any atom is 0.407 e. The summed E-state index contributed by atoms with van der Waals surface area (Å²) < 4.78 is 43.7. The highest BCUT2D eigenvalue weighted by atomic mass is 19.4. The van der Waals surface area contributed by atoms with Crippen molar-refractivity contribution >= 4 is 18.0 Å². The van der Waals surface area contributed by atoms with Crippen LogP contribution in [0.25, 0.3) is 11.1 Å². The number of ether oxygens (including phenoxy) is 1. The van der Waals surface area contributed by atoms with Gasteiger partial charge in [-0.25, -0.2) is 4.79 Å². The van der Waals surface area contributed by atoms with Gasteiger partial charge in [-0.3, -0.25) is 9.59 Å². The molecular formula is C23H23F3N2O6. The molecule has 1 unspecified atom stereocenters. The number of hydrogen-bond acceptors (Lipinski definition) is 5. The Kier molecular flexibility index (Phi) is 7.77. The zero-order chi connectivity index (χ0) is 24.9. The van der Waals surface area contributed by atoms with Gasteiger partial charge in [0.2, 0.25) is 5.91 Å². The molecule has 34 heavy (non-hydrogen) atoms. The topological polar surface area (TPSA) is 116 Å². The minimum atomic E-state index is -4.78. The maximum atomic E-state index is 12.8. The van der Waals surface area contributed by atoms with E-state index in [1.54, 1.807) is 0 Å². The molecule has 2 aromatic carbocycles. The minimum absolute atomic E-state index is 0.128. The summed E-state index contributed by atoms with van der Waals surface area (Å²) in [5.74, 6) is -3.10. The molecule has 0 aliphatic heterocycles. The number of hydrogen-bond donors (Lipinski definition) is 3. The van der Waals surface area contributed by atoms with Gasteiger partial charge < -0.3 is 25.2 Å². The monoisotopic (exact) mass is 480 g/mol. The number of benzene rings is 2. The SMILES string of the molecule is O=C(O)CC(NC(=O)OCC1c2ccccc2-c2ccccc21)C(=O)N(CCO)CC(F)(F)F. The lowest BCUT2D eigenvalue weighted by Gasteiger charge is -2.27. The Morgan fingerprint density at radius 2 is 1.59 bits per heavy atom. The quantitative estimate of drug-likeness (QED) is 0.508. The van der Waals surface area contributed by atoms with Gasteiger partial charge in [0.05, 0.1) is 13.0 Å². The number of aliphatic hydroxyl groups excluding tert-OH is 1. The summed E-state index contributed by atoms with van der Waals surface area (Å²) in [5.41, 5.74) is 3.82. The number of rotatable bonds is 9.